The molecule has 0 unspecified atom stereocenters. The van der Waals surface area contributed by atoms with E-state index in [0.717, 1.165) is 31.7 Å². The number of hydrogen-bond acceptors (Lipinski definition) is 6. The van der Waals surface area contributed by atoms with Crippen molar-refractivity contribution < 1.29 is 53.5 Å². The Balaban J connectivity index is 0.00000225. The summed E-state index contributed by atoms with van der Waals surface area (Å²) in [5, 5.41) is 3.05. The molecule has 0 spiro atoms. The van der Waals surface area contributed by atoms with Gasteiger partial charge < -0.3 is 12.5 Å². The molecule has 4 N–H and O–H groups in total. The Kier molecular flexibility index (Phi) is 7.64. The maximum absolute atomic E-state index is 13.1. The molecule has 7 nitrogen and oxygen atoms in total. The molecular formula is C20H23N2NaO5S. The second kappa shape index (κ2) is 9.40. The van der Waals surface area contributed by atoms with Crippen LogP contribution in [0.5, 0.6) is 0 Å². The van der Waals surface area contributed by atoms with Crippen LogP contribution in [0.15, 0.2) is 35.2 Å². The third kappa shape index (κ3) is 4.57. The van der Waals surface area contributed by atoms with E-state index in [-0.39, 0.29) is 58.9 Å². The van der Waals surface area contributed by atoms with Crippen molar-refractivity contribution in [1.82, 2.24) is 0 Å². The third-order valence-corrected chi connectivity index (χ3v) is 5.72. The van der Waals surface area contributed by atoms with Crippen LogP contribution in [-0.4, -0.2) is 31.1 Å². The molecule has 1 aliphatic carbocycles. The van der Waals surface area contributed by atoms with Gasteiger partial charge in [-0.2, -0.15) is 8.42 Å². The van der Waals surface area contributed by atoms with Crippen LogP contribution in [0, 0.1) is 0 Å². The van der Waals surface area contributed by atoms with Crippen molar-refractivity contribution in [2.24, 2.45) is 0 Å². The maximum atomic E-state index is 13.1. The molecule has 0 fully saturated rings. The Morgan fingerprint density at radius 1 is 1.03 bits per heavy atom. The molecule has 0 saturated heterocycles. The van der Waals surface area contributed by atoms with Gasteiger partial charge in [-0.3, -0.25) is 14.1 Å². The van der Waals surface area contributed by atoms with Crippen LogP contribution < -0.4 is 40.6 Å². The molecule has 29 heavy (non-hydrogen) atoms. The number of rotatable bonds is 7. The van der Waals surface area contributed by atoms with Crippen LogP contribution in [0.2, 0.25) is 0 Å². The van der Waals surface area contributed by atoms with Gasteiger partial charge in [-0.1, -0.05) is 50.5 Å². The van der Waals surface area contributed by atoms with Gasteiger partial charge in [0.15, 0.2) is 11.6 Å². The first-order valence-corrected chi connectivity index (χ1v) is 10.6. The van der Waals surface area contributed by atoms with Crippen LogP contribution in [-0.2, 0) is 10.1 Å². The van der Waals surface area contributed by atoms with E-state index in [2.05, 4.69) is 12.2 Å². The fourth-order valence-corrected chi connectivity index (χ4v) is 4.07. The van der Waals surface area contributed by atoms with Crippen LogP contribution in [0.4, 0.5) is 11.4 Å². The van der Waals surface area contributed by atoms with Gasteiger partial charge in [-0.05, 0) is 12.5 Å². The smallest absolute Gasteiger partial charge is 1.00 e. The van der Waals surface area contributed by atoms with Crippen molar-refractivity contribution in [3.05, 3.63) is 52.6 Å². The summed E-state index contributed by atoms with van der Waals surface area (Å²) in [6.45, 7) is 2.58. The van der Waals surface area contributed by atoms with Gasteiger partial charge in [0.05, 0.1) is 16.8 Å². The number of unbranched alkanes of at least 4 members (excludes halogenated alkanes) is 3. The van der Waals surface area contributed by atoms with Crippen molar-refractivity contribution in [2.75, 3.05) is 17.6 Å². The van der Waals surface area contributed by atoms with E-state index in [1.54, 1.807) is 18.2 Å². The van der Waals surface area contributed by atoms with E-state index < -0.39 is 32.3 Å². The summed E-state index contributed by atoms with van der Waals surface area (Å²) < 4.78 is 33.1. The van der Waals surface area contributed by atoms with Gasteiger partial charge in [-0.25, -0.2) is 0 Å². The molecular weight excluding hydrogens is 403 g/mol. The zero-order valence-corrected chi connectivity index (χ0v) is 19.3. The topological polar surface area (TPSA) is 127 Å². The SMILES string of the molecule is CCCCCCNc1cc(S(=O)(=O)O)c(N)c2c1C(=O)c1ccccc1C2=O.[H-].[Na+]. The molecule has 2 aromatic rings. The molecule has 0 aliphatic heterocycles. The molecule has 0 radical (unpaired) electrons. The summed E-state index contributed by atoms with van der Waals surface area (Å²) in [7, 11) is -4.68. The monoisotopic (exact) mass is 426 g/mol. The molecule has 3 rings (SSSR count). The van der Waals surface area contributed by atoms with E-state index >= 15 is 0 Å². The second-order valence-electron chi connectivity index (χ2n) is 6.75. The number of fused-ring (bicyclic) bond motifs is 2. The van der Waals surface area contributed by atoms with E-state index in [0.29, 0.717) is 6.54 Å². The van der Waals surface area contributed by atoms with E-state index in [1.165, 1.54) is 6.07 Å². The first-order valence-electron chi connectivity index (χ1n) is 9.13. The Labute approximate surface area is 193 Å². The predicted octanol–water partition coefficient (Wildman–Crippen LogP) is 0.400. The first kappa shape index (κ1) is 23.6. The first-order chi connectivity index (χ1) is 13.3. The van der Waals surface area contributed by atoms with Crippen LogP contribution in [0.3, 0.4) is 0 Å². The van der Waals surface area contributed by atoms with Crippen molar-refractivity contribution in [2.45, 2.75) is 37.5 Å². The number of carbonyl (C=O) groups excluding carboxylic acids is 2. The minimum atomic E-state index is -4.68. The number of nitrogens with one attached hydrogen (secondary N) is 1. The number of nitrogen functional groups attached to an aromatic ring is 1. The molecule has 1 aliphatic rings. The molecule has 0 saturated carbocycles. The Morgan fingerprint density at radius 2 is 1.62 bits per heavy atom. The number of anilines is 2. The zero-order chi connectivity index (χ0) is 20.5. The number of ketones is 2. The standard InChI is InChI=1S/C20H22N2O5S.Na.H/c1-2-3-4-7-10-22-14-11-15(28(25,26)27)18(21)17-16(14)19(23)12-8-5-6-9-13(12)20(17)24;;/h5-6,8-9,11,22H,2-4,7,10,21H2,1H3,(H,25,26,27);;/q;+1;-1. The van der Waals surface area contributed by atoms with E-state index in [9.17, 15) is 22.6 Å². The summed E-state index contributed by atoms with van der Waals surface area (Å²) in [4.78, 5) is 25.5. The van der Waals surface area contributed by atoms with Crippen LogP contribution in [0.1, 0.15) is 65.9 Å². The summed E-state index contributed by atoms with van der Waals surface area (Å²) in [6.07, 6.45) is 3.91. The maximum Gasteiger partial charge on any atom is 1.00 e. The quantitative estimate of drug-likeness (QED) is 0.216. The number of hydrogen-bond donors (Lipinski definition) is 3. The average molecular weight is 426 g/mol. The van der Waals surface area contributed by atoms with Crippen molar-refractivity contribution >= 4 is 33.1 Å². The number of carbonyl (C=O) groups is 2. The molecule has 0 aromatic heterocycles. The summed E-state index contributed by atoms with van der Waals surface area (Å²) in [5.41, 5.74) is 5.95. The molecule has 150 valence electrons. The van der Waals surface area contributed by atoms with Crippen molar-refractivity contribution in [3.63, 3.8) is 0 Å². The van der Waals surface area contributed by atoms with Gasteiger partial charge in [0.25, 0.3) is 10.1 Å². The van der Waals surface area contributed by atoms with E-state index in [4.69, 9.17) is 5.73 Å². The minimum Gasteiger partial charge on any atom is -1.00 e. The van der Waals surface area contributed by atoms with Crippen LogP contribution >= 0.6 is 0 Å². The molecule has 0 atom stereocenters. The van der Waals surface area contributed by atoms with Gasteiger partial charge in [-0.15, -0.1) is 0 Å². The van der Waals surface area contributed by atoms with E-state index in [1.807, 2.05) is 0 Å². The predicted molar refractivity (Wildman–Crippen MR) is 108 cm³/mol. The van der Waals surface area contributed by atoms with Crippen molar-refractivity contribution in [1.29, 1.82) is 0 Å². The molecule has 0 bridgehead atoms. The number of nitrogens with two attached hydrogens (primary N) is 1. The Bertz CT molecular complexity index is 1070. The largest absolute Gasteiger partial charge is 1.00 e. The zero-order valence-electron chi connectivity index (χ0n) is 17.5. The molecule has 0 amide bonds. The average Bonchev–Trinajstić information content (AvgIpc) is 2.65. The molecule has 9 heteroatoms. The third-order valence-electron chi connectivity index (χ3n) is 4.82. The Hall–Kier alpha value is -1.71. The van der Waals surface area contributed by atoms with Gasteiger partial charge in [0.1, 0.15) is 4.90 Å². The van der Waals surface area contributed by atoms with Gasteiger partial charge in [0.2, 0.25) is 0 Å². The fourth-order valence-electron chi connectivity index (χ4n) is 3.42. The minimum absolute atomic E-state index is 0. The fraction of sp³-hybridized carbons (Fsp3) is 0.300. The second-order valence-corrected chi connectivity index (χ2v) is 8.14. The summed E-state index contributed by atoms with van der Waals surface area (Å²) in [5.74, 6) is -0.947. The summed E-state index contributed by atoms with van der Waals surface area (Å²) in [6, 6.07) is 7.45. The normalized spacial score (nSPS) is 12.8. The van der Waals surface area contributed by atoms with Gasteiger partial charge >= 0.3 is 29.6 Å². The molecule has 0 heterocycles. The van der Waals surface area contributed by atoms with Crippen LogP contribution in [0.25, 0.3) is 0 Å². The Morgan fingerprint density at radius 3 is 2.17 bits per heavy atom. The molecule has 2 aromatic carbocycles. The summed E-state index contributed by atoms with van der Waals surface area (Å²) >= 11 is 0. The van der Waals surface area contributed by atoms with Gasteiger partial charge in [0, 0.05) is 23.4 Å². The van der Waals surface area contributed by atoms with Crippen molar-refractivity contribution in [3.8, 4) is 0 Å². The number of benzene rings is 2.